The van der Waals surface area contributed by atoms with Crippen LogP contribution in [0.25, 0.3) is 0 Å². The van der Waals surface area contributed by atoms with Crippen LogP contribution < -0.4 is 9.62 Å². The van der Waals surface area contributed by atoms with Gasteiger partial charge in [-0.2, -0.15) is 5.26 Å². The number of sulfonamides is 1. The molecule has 0 unspecified atom stereocenters. The van der Waals surface area contributed by atoms with Crippen molar-refractivity contribution in [3.05, 3.63) is 65.2 Å². The van der Waals surface area contributed by atoms with E-state index in [1.807, 2.05) is 37.3 Å². The molecule has 0 aromatic heterocycles. The number of carbonyl (C=O) groups excluding carboxylic acids is 1. The smallest absolute Gasteiger partial charge is 0.232 e. The topological polar surface area (TPSA) is 90.3 Å². The van der Waals surface area contributed by atoms with E-state index in [9.17, 15) is 18.5 Å². The average molecular weight is 371 g/mol. The molecule has 0 spiro atoms. The normalized spacial score (nSPS) is 10.8. The monoisotopic (exact) mass is 371 g/mol. The first kappa shape index (κ1) is 19.5. The zero-order valence-corrected chi connectivity index (χ0v) is 15.6. The molecule has 0 fully saturated rings. The second-order valence-electron chi connectivity index (χ2n) is 5.92. The highest BCUT2D eigenvalue weighted by atomic mass is 32.2. The van der Waals surface area contributed by atoms with Gasteiger partial charge in [0.05, 0.1) is 17.5 Å². The van der Waals surface area contributed by atoms with Crippen LogP contribution in [0.1, 0.15) is 23.1 Å². The Labute approximate surface area is 154 Å². The molecule has 26 heavy (non-hydrogen) atoms. The molecule has 6 nitrogen and oxygen atoms in total. The van der Waals surface area contributed by atoms with Crippen molar-refractivity contribution in [1.29, 1.82) is 5.26 Å². The summed E-state index contributed by atoms with van der Waals surface area (Å²) >= 11 is 0. The zero-order valence-electron chi connectivity index (χ0n) is 14.8. The van der Waals surface area contributed by atoms with Crippen LogP contribution in [-0.2, 0) is 21.4 Å². The predicted molar refractivity (Wildman–Crippen MR) is 101 cm³/mol. The molecule has 0 atom stereocenters. The second-order valence-corrected chi connectivity index (χ2v) is 7.82. The molecular formula is C19H21N3O3S. The van der Waals surface area contributed by atoms with E-state index < -0.39 is 10.0 Å². The quantitative estimate of drug-likeness (QED) is 0.809. The van der Waals surface area contributed by atoms with Crippen molar-refractivity contribution in [1.82, 2.24) is 5.32 Å². The van der Waals surface area contributed by atoms with Gasteiger partial charge in [-0.15, -0.1) is 0 Å². The van der Waals surface area contributed by atoms with Crippen molar-refractivity contribution >= 4 is 21.6 Å². The van der Waals surface area contributed by atoms with Crippen molar-refractivity contribution in [3.63, 3.8) is 0 Å². The van der Waals surface area contributed by atoms with E-state index in [1.165, 1.54) is 0 Å². The SMILES string of the molecule is Cc1ccccc1CNC(=O)CCN(c1ccccc1C#N)S(C)(=O)=O. The molecule has 136 valence electrons. The van der Waals surface area contributed by atoms with Crippen LogP contribution in [0.15, 0.2) is 48.5 Å². The minimum absolute atomic E-state index is 0.00128. The Kier molecular flexibility index (Phi) is 6.36. The van der Waals surface area contributed by atoms with Gasteiger partial charge in [0.1, 0.15) is 6.07 Å². The molecule has 1 N–H and O–H groups in total. The summed E-state index contributed by atoms with van der Waals surface area (Å²) in [6, 6.07) is 16.1. The van der Waals surface area contributed by atoms with Gasteiger partial charge in [-0.05, 0) is 30.2 Å². The van der Waals surface area contributed by atoms with Crippen molar-refractivity contribution in [2.24, 2.45) is 0 Å². The predicted octanol–water partition coefficient (Wildman–Crippen LogP) is 2.34. The van der Waals surface area contributed by atoms with Gasteiger partial charge in [0.2, 0.25) is 15.9 Å². The largest absolute Gasteiger partial charge is 0.352 e. The Morgan fingerprint density at radius 1 is 1.15 bits per heavy atom. The molecule has 0 saturated carbocycles. The molecule has 0 aliphatic rings. The van der Waals surface area contributed by atoms with Gasteiger partial charge < -0.3 is 5.32 Å². The van der Waals surface area contributed by atoms with Crippen LogP contribution in [0, 0.1) is 18.3 Å². The number of carbonyl (C=O) groups is 1. The third kappa shape index (κ3) is 5.07. The maximum atomic E-state index is 12.1. The van der Waals surface area contributed by atoms with Crippen LogP contribution in [0.3, 0.4) is 0 Å². The Hall–Kier alpha value is -2.85. The van der Waals surface area contributed by atoms with E-state index in [4.69, 9.17) is 0 Å². The summed E-state index contributed by atoms with van der Waals surface area (Å²) in [7, 11) is -3.62. The number of aryl methyl sites for hydroxylation is 1. The molecule has 0 bridgehead atoms. The number of hydrogen-bond donors (Lipinski definition) is 1. The first-order valence-corrected chi connectivity index (χ1v) is 9.96. The molecule has 0 radical (unpaired) electrons. The van der Waals surface area contributed by atoms with Crippen LogP contribution in [0.5, 0.6) is 0 Å². The summed E-state index contributed by atoms with van der Waals surface area (Å²) in [5, 5.41) is 12.0. The third-order valence-corrected chi connectivity index (χ3v) is 5.15. The zero-order chi connectivity index (χ0) is 19.2. The average Bonchev–Trinajstić information content (AvgIpc) is 2.60. The summed E-state index contributed by atoms with van der Waals surface area (Å²) in [5.74, 6) is -0.253. The number of amides is 1. The number of nitrogens with zero attached hydrogens (tertiary/aromatic N) is 2. The van der Waals surface area contributed by atoms with Crippen LogP contribution in [0.2, 0.25) is 0 Å². The summed E-state index contributed by atoms with van der Waals surface area (Å²) in [6.45, 7) is 2.32. The summed E-state index contributed by atoms with van der Waals surface area (Å²) < 4.78 is 25.3. The van der Waals surface area contributed by atoms with Crippen molar-refractivity contribution < 1.29 is 13.2 Å². The highest BCUT2D eigenvalue weighted by Crippen LogP contribution is 2.22. The Bertz CT molecular complexity index is 933. The lowest BCUT2D eigenvalue weighted by Crippen LogP contribution is -2.35. The summed E-state index contributed by atoms with van der Waals surface area (Å²) in [4.78, 5) is 12.1. The van der Waals surface area contributed by atoms with E-state index in [1.54, 1.807) is 24.3 Å². The van der Waals surface area contributed by atoms with Crippen molar-refractivity contribution in [3.8, 4) is 6.07 Å². The van der Waals surface area contributed by atoms with E-state index in [2.05, 4.69) is 5.32 Å². The molecule has 2 aromatic carbocycles. The third-order valence-electron chi connectivity index (χ3n) is 3.97. The summed E-state index contributed by atoms with van der Waals surface area (Å²) in [5.41, 5.74) is 2.62. The Morgan fingerprint density at radius 3 is 2.46 bits per heavy atom. The molecule has 0 aliphatic carbocycles. The highest BCUT2D eigenvalue weighted by molar-refractivity contribution is 7.92. The fourth-order valence-electron chi connectivity index (χ4n) is 2.54. The molecule has 7 heteroatoms. The standard InChI is InChI=1S/C19H21N3O3S/c1-15-7-3-4-9-17(15)14-21-19(23)11-12-22(26(2,24)25)18-10-6-5-8-16(18)13-20/h3-10H,11-12,14H2,1-2H3,(H,21,23). The minimum Gasteiger partial charge on any atom is -0.352 e. The molecule has 0 heterocycles. The van der Waals surface area contributed by atoms with Gasteiger partial charge in [0, 0.05) is 19.5 Å². The maximum absolute atomic E-state index is 12.1. The van der Waals surface area contributed by atoms with E-state index >= 15 is 0 Å². The van der Waals surface area contributed by atoms with Gasteiger partial charge >= 0.3 is 0 Å². The van der Waals surface area contributed by atoms with Gasteiger partial charge in [0.25, 0.3) is 0 Å². The number of nitriles is 1. The van der Waals surface area contributed by atoms with Crippen LogP contribution in [0.4, 0.5) is 5.69 Å². The first-order valence-electron chi connectivity index (χ1n) is 8.11. The number of hydrogen-bond acceptors (Lipinski definition) is 4. The number of rotatable bonds is 7. The lowest BCUT2D eigenvalue weighted by Gasteiger charge is -2.23. The summed E-state index contributed by atoms with van der Waals surface area (Å²) in [6.07, 6.45) is 1.06. The fourth-order valence-corrected chi connectivity index (χ4v) is 3.48. The lowest BCUT2D eigenvalue weighted by molar-refractivity contribution is -0.121. The molecule has 2 rings (SSSR count). The lowest BCUT2D eigenvalue weighted by atomic mass is 10.1. The maximum Gasteiger partial charge on any atom is 0.232 e. The van der Waals surface area contributed by atoms with Gasteiger partial charge in [0.15, 0.2) is 0 Å². The number of benzene rings is 2. The molecule has 1 amide bonds. The number of anilines is 1. The molecule has 0 saturated heterocycles. The van der Waals surface area contributed by atoms with Crippen LogP contribution in [-0.4, -0.2) is 27.1 Å². The van der Waals surface area contributed by atoms with Gasteiger partial charge in [-0.1, -0.05) is 36.4 Å². The van der Waals surface area contributed by atoms with E-state index in [0.717, 1.165) is 21.7 Å². The highest BCUT2D eigenvalue weighted by Gasteiger charge is 2.21. The van der Waals surface area contributed by atoms with Crippen LogP contribution >= 0.6 is 0 Å². The van der Waals surface area contributed by atoms with E-state index in [0.29, 0.717) is 6.54 Å². The molecule has 0 aliphatic heterocycles. The molecular weight excluding hydrogens is 350 g/mol. The molecule has 2 aromatic rings. The number of para-hydroxylation sites is 1. The van der Waals surface area contributed by atoms with E-state index in [-0.39, 0.29) is 30.1 Å². The first-order chi connectivity index (χ1) is 12.3. The van der Waals surface area contributed by atoms with Gasteiger partial charge in [-0.3, -0.25) is 9.10 Å². The fraction of sp³-hybridized carbons (Fsp3) is 0.263. The van der Waals surface area contributed by atoms with Crippen molar-refractivity contribution in [2.45, 2.75) is 19.9 Å². The van der Waals surface area contributed by atoms with Crippen molar-refractivity contribution in [2.75, 3.05) is 17.1 Å². The minimum atomic E-state index is -3.62. The van der Waals surface area contributed by atoms with Gasteiger partial charge in [-0.25, -0.2) is 8.42 Å². The Balaban J connectivity index is 2.05. The number of nitrogens with one attached hydrogen (secondary N) is 1. The Morgan fingerprint density at radius 2 is 1.81 bits per heavy atom. The second kappa shape index (κ2) is 8.50.